The van der Waals surface area contributed by atoms with Crippen LogP contribution in [0.4, 0.5) is 0 Å². The van der Waals surface area contributed by atoms with E-state index < -0.39 is 6.23 Å². The molecule has 0 spiro atoms. The number of aliphatic hydroxyl groups is 2. The Kier molecular flexibility index (Phi) is 6.02. The fourth-order valence-electron chi connectivity index (χ4n) is 2.56. The molecule has 1 aromatic carbocycles. The van der Waals surface area contributed by atoms with E-state index in [0.29, 0.717) is 23.1 Å². The zero-order chi connectivity index (χ0) is 19.1. The SMILES string of the molecule is OCCn1ccccc1=NN=CN=NCC(O)[n+]1cn(O)c2ccccc21. The number of hydrogen-bond acceptors (Lipinski definition) is 6. The smallest absolute Gasteiger partial charge is 0.287 e. The molecule has 3 rings (SSSR count). The zero-order valence-electron chi connectivity index (χ0n) is 14.4. The first-order chi connectivity index (χ1) is 13.2. The molecule has 0 radical (unpaired) electrons. The van der Waals surface area contributed by atoms with Gasteiger partial charge in [-0.3, -0.25) is 0 Å². The van der Waals surface area contributed by atoms with Gasteiger partial charge in [0.1, 0.15) is 6.54 Å². The number of para-hydroxylation sites is 2. The van der Waals surface area contributed by atoms with Crippen LogP contribution in [0.5, 0.6) is 0 Å². The maximum Gasteiger partial charge on any atom is 0.287 e. The van der Waals surface area contributed by atoms with Crippen molar-refractivity contribution in [3.05, 3.63) is 60.5 Å². The molecule has 0 aliphatic carbocycles. The third-order valence-corrected chi connectivity index (χ3v) is 3.81. The van der Waals surface area contributed by atoms with Crippen molar-refractivity contribution in [2.45, 2.75) is 12.8 Å². The molecular formula is C17H20N7O3+. The van der Waals surface area contributed by atoms with Gasteiger partial charge in [0, 0.05) is 12.7 Å². The van der Waals surface area contributed by atoms with Gasteiger partial charge in [0.15, 0.2) is 17.3 Å². The van der Waals surface area contributed by atoms with E-state index in [-0.39, 0.29) is 13.2 Å². The first-order valence-electron chi connectivity index (χ1n) is 8.27. The summed E-state index contributed by atoms with van der Waals surface area (Å²) in [7, 11) is 0. The molecule has 0 saturated carbocycles. The summed E-state index contributed by atoms with van der Waals surface area (Å²) in [5.74, 6) is 0. The summed E-state index contributed by atoms with van der Waals surface area (Å²) >= 11 is 0. The Morgan fingerprint density at radius 2 is 1.96 bits per heavy atom. The summed E-state index contributed by atoms with van der Waals surface area (Å²) in [5.41, 5.74) is 1.82. The molecule has 1 unspecified atom stereocenters. The predicted molar refractivity (Wildman–Crippen MR) is 95.9 cm³/mol. The number of imidazole rings is 1. The van der Waals surface area contributed by atoms with Crippen LogP contribution in [0, 0.1) is 0 Å². The van der Waals surface area contributed by atoms with Gasteiger partial charge in [0.05, 0.1) is 6.61 Å². The topological polar surface area (TPSA) is 124 Å². The van der Waals surface area contributed by atoms with Gasteiger partial charge in [-0.15, -0.1) is 15.3 Å². The average molecular weight is 370 g/mol. The summed E-state index contributed by atoms with van der Waals surface area (Å²) < 4.78 is 4.19. The molecule has 3 aromatic rings. The molecule has 2 aromatic heterocycles. The second-order valence-corrected chi connectivity index (χ2v) is 5.58. The lowest BCUT2D eigenvalue weighted by atomic mass is 10.3. The van der Waals surface area contributed by atoms with Crippen LogP contribution < -0.4 is 10.1 Å². The zero-order valence-corrected chi connectivity index (χ0v) is 14.4. The molecule has 140 valence electrons. The van der Waals surface area contributed by atoms with Crippen LogP contribution in [-0.4, -0.2) is 44.2 Å². The Hall–Kier alpha value is -3.37. The van der Waals surface area contributed by atoms with E-state index in [1.807, 2.05) is 18.2 Å². The second-order valence-electron chi connectivity index (χ2n) is 5.58. The van der Waals surface area contributed by atoms with Crippen LogP contribution in [0.15, 0.2) is 75.4 Å². The number of aromatic nitrogens is 3. The van der Waals surface area contributed by atoms with Crippen LogP contribution in [-0.2, 0) is 6.54 Å². The highest BCUT2D eigenvalue weighted by atomic mass is 16.5. The van der Waals surface area contributed by atoms with E-state index in [0.717, 1.165) is 4.73 Å². The Bertz CT molecular complexity index is 1020. The summed E-state index contributed by atoms with van der Waals surface area (Å²) in [6, 6.07) is 12.5. The van der Waals surface area contributed by atoms with Crippen molar-refractivity contribution in [3.63, 3.8) is 0 Å². The molecule has 2 heterocycles. The molecule has 0 aliphatic heterocycles. The molecule has 0 aliphatic rings. The van der Waals surface area contributed by atoms with Crippen LogP contribution >= 0.6 is 0 Å². The van der Waals surface area contributed by atoms with E-state index >= 15 is 0 Å². The summed E-state index contributed by atoms with van der Waals surface area (Å²) in [4.78, 5) is 0. The molecule has 0 saturated heterocycles. The Balaban J connectivity index is 1.64. The Morgan fingerprint density at radius 1 is 1.15 bits per heavy atom. The summed E-state index contributed by atoms with van der Waals surface area (Å²) in [5, 5.41) is 44.5. The van der Waals surface area contributed by atoms with Crippen molar-refractivity contribution >= 4 is 17.4 Å². The quantitative estimate of drug-likeness (QED) is 0.140. The highest BCUT2D eigenvalue weighted by Crippen LogP contribution is 2.10. The second kappa shape index (κ2) is 8.83. The Labute approximate surface area is 154 Å². The third-order valence-electron chi connectivity index (χ3n) is 3.81. The van der Waals surface area contributed by atoms with Crippen LogP contribution in [0.1, 0.15) is 6.23 Å². The molecule has 0 bridgehead atoms. The van der Waals surface area contributed by atoms with Crippen molar-refractivity contribution in [3.8, 4) is 0 Å². The van der Waals surface area contributed by atoms with E-state index in [4.69, 9.17) is 5.11 Å². The minimum atomic E-state index is -0.988. The number of hydrogen-bond donors (Lipinski definition) is 3. The molecule has 3 N–H and O–H groups in total. The van der Waals surface area contributed by atoms with Gasteiger partial charge in [0.2, 0.25) is 11.7 Å². The average Bonchev–Trinajstić information content (AvgIpc) is 3.03. The highest BCUT2D eigenvalue weighted by Gasteiger charge is 2.20. The van der Waals surface area contributed by atoms with Crippen molar-refractivity contribution in [1.29, 1.82) is 0 Å². The number of pyridine rings is 1. The van der Waals surface area contributed by atoms with E-state index in [1.54, 1.807) is 35.0 Å². The first-order valence-corrected chi connectivity index (χ1v) is 8.27. The summed E-state index contributed by atoms with van der Waals surface area (Å²) in [6.07, 6.45) is 3.35. The van der Waals surface area contributed by atoms with Crippen molar-refractivity contribution in [1.82, 2.24) is 9.30 Å². The van der Waals surface area contributed by atoms with Gasteiger partial charge in [-0.1, -0.05) is 18.2 Å². The summed E-state index contributed by atoms with van der Waals surface area (Å²) in [6.45, 7) is 0.402. The first kappa shape index (κ1) is 18.4. The van der Waals surface area contributed by atoms with Crippen LogP contribution in [0.25, 0.3) is 11.0 Å². The minimum Gasteiger partial charge on any atom is -0.395 e. The number of aliphatic hydroxyl groups excluding tert-OH is 2. The molecular weight excluding hydrogens is 350 g/mol. The van der Waals surface area contributed by atoms with E-state index in [1.165, 1.54) is 17.2 Å². The van der Waals surface area contributed by atoms with Gasteiger partial charge in [-0.2, -0.15) is 9.68 Å². The number of azo groups is 1. The molecule has 10 heteroatoms. The number of rotatable bonds is 7. The van der Waals surface area contributed by atoms with Gasteiger partial charge >= 0.3 is 0 Å². The van der Waals surface area contributed by atoms with Gasteiger partial charge in [-0.05, 0) is 29.0 Å². The largest absolute Gasteiger partial charge is 0.395 e. The number of benzene rings is 1. The number of nitrogens with zero attached hydrogens (tertiary/aromatic N) is 7. The molecule has 10 nitrogen and oxygen atoms in total. The maximum absolute atomic E-state index is 10.3. The molecule has 0 amide bonds. The number of fused-ring (bicyclic) bond motifs is 1. The monoisotopic (exact) mass is 370 g/mol. The molecule has 27 heavy (non-hydrogen) atoms. The standard InChI is InChI=1S/C17H20N7O3/c25-10-9-22-8-4-3-7-16(22)21-20-12-19-18-11-17(26)23-13-24(27)15-6-2-1-5-14(15)23/h1-8,12-13,17,25-27H,9-11H2/q+1. The Morgan fingerprint density at radius 3 is 2.81 bits per heavy atom. The van der Waals surface area contributed by atoms with E-state index in [2.05, 4.69) is 20.4 Å². The lowest BCUT2D eigenvalue weighted by molar-refractivity contribution is -0.735. The normalized spacial score (nSPS) is 13.9. The van der Waals surface area contributed by atoms with Crippen LogP contribution in [0.2, 0.25) is 0 Å². The van der Waals surface area contributed by atoms with Crippen molar-refractivity contribution < 1.29 is 20.0 Å². The fraction of sp³-hybridized carbons (Fsp3) is 0.235. The van der Waals surface area contributed by atoms with E-state index in [9.17, 15) is 10.3 Å². The van der Waals surface area contributed by atoms with Gasteiger partial charge in [-0.25, -0.2) is 0 Å². The van der Waals surface area contributed by atoms with Crippen molar-refractivity contribution in [2.24, 2.45) is 20.4 Å². The highest BCUT2D eigenvalue weighted by molar-refractivity contribution is 5.71. The molecule has 1 atom stereocenters. The lowest BCUT2D eigenvalue weighted by Crippen LogP contribution is -2.40. The minimum absolute atomic E-state index is 0.000423. The fourth-order valence-corrected chi connectivity index (χ4v) is 2.56. The lowest BCUT2D eigenvalue weighted by Gasteiger charge is -2.02. The predicted octanol–water partition coefficient (Wildman–Crippen LogP) is 0.447. The molecule has 0 fully saturated rings. The third kappa shape index (κ3) is 4.43. The van der Waals surface area contributed by atoms with Gasteiger partial charge in [0.25, 0.3) is 6.33 Å². The van der Waals surface area contributed by atoms with Gasteiger partial charge < -0.3 is 20.0 Å². The van der Waals surface area contributed by atoms with Crippen LogP contribution in [0.3, 0.4) is 0 Å². The van der Waals surface area contributed by atoms with Crippen molar-refractivity contribution in [2.75, 3.05) is 13.2 Å². The maximum atomic E-state index is 10.3.